The van der Waals surface area contributed by atoms with E-state index in [1.165, 1.54) is 12.1 Å². The van der Waals surface area contributed by atoms with Gasteiger partial charge >= 0.3 is 0 Å². The summed E-state index contributed by atoms with van der Waals surface area (Å²) in [6, 6.07) is 6.04. The first kappa shape index (κ1) is 11.8. The van der Waals surface area contributed by atoms with Gasteiger partial charge in [0.05, 0.1) is 11.5 Å². The fourth-order valence-corrected chi connectivity index (χ4v) is 1.58. The summed E-state index contributed by atoms with van der Waals surface area (Å²) in [4.78, 5) is 10.0. The fourth-order valence-electron chi connectivity index (χ4n) is 1.58. The molecular formula is C11H14N2O4. The molecule has 1 N–H and O–H groups in total. The quantitative estimate of drug-likeness (QED) is 0.624. The molecule has 1 heterocycles. The van der Waals surface area contributed by atoms with E-state index >= 15 is 0 Å². The van der Waals surface area contributed by atoms with E-state index in [-0.39, 0.29) is 11.8 Å². The molecule has 0 saturated carbocycles. The van der Waals surface area contributed by atoms with E-state index in [0.717, 1.165) is 13.1 Å². The first-order chi connectivity index (χ1) is 8.25. The maximum atomic E-state index is 10.5. The SMILES string of the molecule is O=[N+]([O-])c1ccc(OC[C@H]2CNCCO2)cc1. The molecule has 1 saturated heterocycles. The Morgan fingerprint density at radius 2 is 2.24 bits per heavy atom. The molecule has 1 aliphatic rings. The topological polar surface area (TPSA) is 73.6 Å². The van der Waals surface area contributed by atoms with Crippen LogP contribution < -0.4 is 10.1 Å². The van der Waals surface area contributed by atoms with Crippen molar-refractivity contribution in [2.75, 3.05) is 26.3 Å². The zero-order valence-corrected chi connectivity index (χ0v) is 9.30. The van der Waals surface area contributed by atoms with E-state index in [1.54, 1.807) is 12.1 Å². The number of non-ortho nitro benzene ring substituents is 1. The average molecular weight is 238 g/mol. The van der Waals surface area contributed by atoms with Gasteiger partial charge in [0, 0.05) is 25.2 Å². The van der Waals surface area contributed by atoms with Crippen LogP contribution in [0.1, 0.15) is 0 Å². The molecule has 0 spiro atoms. The van der Waals surface area contributed by atoms with Crippen LogP contribution in [0.15, 0.2) is 24.3 Å². The van der Waals surface area contributed by atoms with Gasteiger partial charge in [-0.1, -0.05) is 0 Å². The molecule has 2 rings (SSSR count). The van der Waals surface area contributed by atoms with Crippen molar-refractivity contribution in [3.63, 3.8) is 0 Å². The Balaban J connectivity index is 1.84. The molecule has 6 nitrogen and oxygen atoms in total. The van der Waals surface area contributed by atoms with E-state index in [2.05, 4.69) is 5.32 Å². The highest BCUT2D eigenvalue weighted by molar-refractivity contribution is 5.35. The van der Waals surface area contributed by atoms with Crippen molar-refractivity contribution in [3.05, 3.63) is 34.4 Å². The van der Waals surface area contributed by atoms with Gasteiger partial charge in [0.2, 0.25) is 0 Å². The highest BCUT2D eigenvalue weighted by Crippen LogP contribution is 2.17. The Labute approximate surface area is 98.7 Å². The van der Waals surface area contributed by atoms with E-state index in [4.69, 9.17) is 9.47 Å². The zero-order valence-electron chi connectivity index (χ0n) is 9.30. The third-order valence-electron chi connectivity index (χ3n) is 2.49. The Morgan fingerprint density at radius 1 is 1.47 bits per heavy atom. The van der Waals surface area contributed by atoms with Gasteiger partial charge in [-0.25, -0.2) is 0 Å². The predicted octanol–water partition coefficient (Wildman–Crippen LogP) is 0.962. The highest BCUT2D eigenvalue weighted by Gasteiger charge is 2.14. The van der Waals surface area contributed by atoms with Crippen molar-refractivity contribution in [1.82, 2.24) is 5.32 Å². The van der Waals surface area contributed by atoms with Crippen LogP contribution in [0.4, 0.5) is 5.69 Å². The first-order valence-corrected chi connectivity index (χ1v) is 5.45. The van der Waals surface area contributed by atoms with Crippen LogP contribution in [0.25, 0.3) is 0 Å². The monoisotopic (exact) mass is 238 g/mol. The van der Waals surface area contributed by atoms with Gasteiger partial charge in [0.25, 0.3) is 5.69 Å². The second kappa shape index (κ2) is 5.60. The predicted molar refractivity (Wildman–Crippen MR) is 61.2 cm³/mol. The Kier molecular flexibility index (Phi) is 3.89. The van der Waals surface area contributed by atoms with Gasteiger partial charge in [-0.15, -0.1) is 0 Å². The lowest BCUT2D eigenvalue weighted by Crippen LogP contribution is -2.41. The molecule has 0 aliphatic carbocycles. The number of benzene rings is 1. The number of rotatable bonds is 4. The molecule has 1 aliphatic heterocycles. The standard InChI is InChI=1S/C11H14N2O4/c14-13(15)9-1-3-10(4-2-9)17-8-11-7-12-5-6-16-11/h1-4,11-12H,5-8H2/t11-/m1/s1. The number of nitrogens with zero attached hydrogens (tertiary/aromatic N) is 1. The smallest absolute Gasteiger partial charge is 0.269 e. The summed E-state index contributed by atoms with van der Waals surface area (Å²) in [6.45, 7) is 2.78. The van der Waals surface area contributed by atoms with Crippen LogP contribution in [0, 0.1) is 10.1 Å². The first-order valence-electron chi connectivity index (χ1n) is 5.45. The minimum absolute atomic E-state index is 0.0407. The van der Waals surface area contributed by atoms with Crippen molar-refractivity contribution < 1.29 is 14.4 Å². The molecule has 0 unspecified atom stereocenters. The third-order valence-corrected chi connectivity index (χ3v) is 2.49. The highest BCUT2D eigenvalue weighted by atomic mass is 16.6. The summed E-state index contributed by atoms with van der Waals surface area (Å²) in [6.07, 6.45) is 0.0407. The number of hydrogen-bond donors (Lipinski definition) is 1. The molecule has 1 fully saturated rings. The number of nitrogens with one attached hydrogen (secondary N) is 1. The Morgan fingerprint density at radius 3 is 2.82 bits per heavy atom. The van der Waals surface area contributed by atoms with Crippen molar-refractivity contribution >= 4 is 5.69 Å². The summed E-state index contributed by atoms with van der Waals surface area (Å²) < 4.78 is 11.0. The number of nitro groups is 1. The number of nitro benzene ring substituents is 1. The van der Waals surface area contributed by atoms with Gasteiger partial charge < -0.3 is 14.8 Å². The second-order valence-corrected chi connectivity index (χ2v) is 3.76. The van der Waals surface area contributed by atoms with Gasteiger partial charge in [0.15, 0.2) is 0 Å². The van der Waals surface area contributed by atoms with Gasteiger partial charge in [-0.2, -0.15) is 0 Å². The minimum atomic E-state index is -0.433. The third kappa shape index (κ3) is 3.40. The van der Waals surface area contributed by atoms with Gasteiger partial charge in [-0.3, -0.25) is 10.1 Å². The largest absolute Gasteiger partial charge is 0.491 e. The van der Waals surface area contributed by atoms with Crippen LogP contribution in [0.2, 0.25) is 0 Å². The van der Waals surface area contributed by atoms with Crippen molar-refractivity contribution in [2.45, 2.75) is 6.10 Å². The second-order valence-electron chi connectivity index (χ2n) is 3.76. The van der Waals surface area contributed by atoms with Crippen molar-refractivity contribution in [1.29, 1.82) is 0 Å². The molecule has 0 amide bonds. The van der Waals surface area contributed by atoms with Crippen LogP contribution >= 0.6 is 0 Å². The van der Waals surface area contributed by atoms with Crippen LogP contribution in [-0.4, -0.2) is 37.3 Å². The van der Waals surface area contributed by atoms with E-state index in [0.29, 0.717) is 19.0 Å². The summed E-state index contributed by atoms with van der Waals surface area (Å²) in [5.74, 6) is 0.616. The van der Waals surface area contributed by atoms with Crippen molar-refractivity contribution in [2.24, 2.45) is 0 Å². The van der Waals surface area contributed by atoms with E-state index in [9.17, 15) is 10.1 Å². The van der Waals surface area contributed by atoms with Gasteiger partial charge in [-0.05, 0) is 12.1 Å². The van der Waals surface area contributed by atoms with Gasteiger partial charge in [0.1, 0.15) is 18.5 Å². The molecule has 1 aromatic rings. The summed E-state index contributed by atoms with van der Waals surface area (Å²) in [7, 11) is 0. The Hall–Kier alpha value is -1.66. The zero-order chi connectivity index (χ0) is 12.1. The number of hydrogen-bond acceptors (Lipinski definition) is 5. The lowest BCUT2D eigenvalue weighted by Gasteiger charge is -2.23. The van der Waals surface area contributed by atoms with Crippen LogP contribution in [0.3, 0.4) is 0 Å². The normalized spacial score (nSPS) is 19.9. The maximum absolute atomic E-state index is 10.5. The molecule has 0 radical (unpaired) electrons. The molecule has 0 bridgehead atoms. The summed E-state index contributed by atoms with van der Waals surface area (Å²) >= 11 is 0. The molecule has 17 heavy (non-hydrogen) atoms. The maximum Gasteiger partial charge on any atom is 0.269 e. The Bertz CT molecular complexity index is 374. The summed E-state index contributed by atoms with van der Waals surface area (Å²) in [5, 5.41) is 13.7. The fraction of sp³-hybridized carbons (Fsp3) is 0.455. The average Bonchev–Trinajstić information content (AvgIpc) is 2.38. The summed E-state index contributed by atoms with van der Waals surface area (Å²) in [5.41, 5.74) is 0.0629. The molecule has 1 atom stereocenters. The lowest BCUT2D eigenvalue weighted by atomic mass is 10.3. The minimum Gasteiger partial charge on any atom is -0.491 e. The number of ether oxygens (including phenoxy) is 2. The van der Waals surface area contributed by atoms with Crippen LogP contribution in [0.5, 0.6) is 5.75 Å². The van der Waals surface area contributed by atoms with Crippen LogP contribution in [-0.2, 0) is 4.74 Å². The number of morpholine rings is 1. The molecule has 0 aromatic heterocycles. The molecule has 1 aromatic carbocycles. The van der Waals surface area contributed by atoms with E-state index in [1.807, 2.05) is 0 Å². The molecular weight excluding hydrogens is 224 g/mol. The lowest BCUT2D eigenvalue weighted by molar-refractivity contribution is -0.384. The van der Waals surface area contributed by atoms with Crippen molar-refractivity contribution in [3.8, 4) is 5.75 Å². The van der Waals surface area contributed by atoms with E-state index < -0.39 is 4.92 Å². The molecule has 92 valence electrons. The molecule has 6 heteroatoms.